The molecule has 0 atom stereocenters. The Labute approximate surface area is 131 Å². The van der Waals surface area contributed by atoms with Crippen LogP contribution in [0, 0.1) is 6.92 Å². The maximum atomic E-state index is 11.7. The van der Waals surface area contributed by atoms with E-state index in [2.05, 4.69) is 24.4 Å². The van der Waals surface area contributed by atoms with Crippen molar-refractivity contribution in [1.29, 1.82) is 0 Å². The molecule has 4 heteroatoms. The second-order valence-corrected chi connectivity index (χ2v) is 5.18. The molecular formula is C18H22N2O2. The van der Waals surface area contributed by atoms with E-state index >= 15 is 0 Å². The second kappa shape index (κ2) is 8.20. The molecule has 0 heterocycles. The Morgan fingerprint density at radius 3 is 2.77 bits per heavy atom. The first-order valence-corrected chi connectivity index (χ1v) is 7.42. The van der Waals surface area contributed by atoms with E-state index in [0.717, 1.165) is 16.9 Å². The maximum Gasteiger partial charge on any atom is 0.224 e. The van der Waals surface area contributed by atoms with Gasteiger partial charge in [-0.25, -0.2) is 0 Å². The SMILES string of the molecule is Cc1ccccc1COc1cccc(CC(=O)NCCN)c1. The zero-order valence-corrected chi connectivity index (χ0v) is 12.8. The molecule has 0 aliphatic carbocycles. The van der Waals surface area contributed by atoms with Crippen molar-refractivity contribution in [1.82, 2.24) is 5.32 Å². The largest absolute Gasteiger partial charge is 0.489 e. The Bertz CT molecular complexity index is 626. The number of nitrogens with two attached hydrogens (primary N) is 1. The highest BCUT2D eigenvalue weighted by atomic mass is 16.5. The molecule has 0 aliphatic heterocycles. The summed E-state index contributed by atoms with van der Waals surface area (Å²) in [4.78, 5) is 11.7. The molecule has 22 heavy (non-hydrogen) atoms. The van der Waals surface area contributed by atoms with E-state index in [1.165, 1.54) is 5.56 Å². The average molecular weight is 298 g/mol. The Kier molecular flexibility index (Phi) is 5.98. The van der Waals surface area contributed by atoms with Gasteiger partial charge in [0.25, 0.3) is 0 Å². The van der Waals surface area contributed by atoms with Crippen molar-refractivity contribution < 1.29 is 9.53 Å². The van der Waals surface area contributed by atoms with Gasteiger partial charge in [0.15, 0.2) is 0 Å². The first kappa shape index (κ1) is 16.0. The van der Waals surface area contributed by atoms with Crippen LogP contribution in [0.1, 0.15) is 16.7 Å². The van der Waals surface area contributed by atoms with Crippen molar-refractivity contribution >= 4 is 5.91 Å². The number of ether oxygens (including phenoxy) is 1. The number of hydrogen-bond donors (Lipinski definition) is 2. The predicted octanol–water partition coefficient (Wildman–Crippen LogP) is 2.19. The molecule has 0 saturated heterocycles. The predicted molar refractivity (Wildman–Crippen MR) is 87.7 cm³/mol. The standard InChI is InChI=1S/C18H22N2O2/c1-14-5-2-3-7-16(14)13-22-17-8-4-6-15(11-17)12-18(21)20-10-9-19/h2-8,11H,9-10,12-13,19H2,1H3,(H,20,21). The van der Waals surface area contributed by atoms with E-state index in [9.17, 15) is 4.79 Å². The van der Waals surface area contributed by atoms with Crippen LogP contribution in [0.2, 0.25) is 0 Å². The van der Waals surface area contributed by atoms with Crippen molar-refractivity contribution in [3.63, 3.8) is 0 Å². The molecule has 0 aliphatic rings. The van der Waals surface area contributed by atoms with Gasteiger partial charge in [-0.1, -0.05) is 36.4 Å². The lowest BCUT2D eigenvalue weighted by molar-refractivity contribution is -0.120. The van der Waals surface area contributed by atoms with E-state index in [-0.39, 0.29) is 5.91 Å². The topological polar surface area (TPSA) is 64.3 Å². The minimum Gasteiger partial charge on any atom is -0.489 e. The molecule has 0 spiro atoms. The van der Waals surface area contributed by atoms with Crippen LogP contribution in [0.3, 0.4) is 0 Å². The number of rotatable bonds is 7. The smallest absolute Gasteiger partial charge is 0.224 e. The summed E-state index contributed by atoms with van der Waals surface area (Å²) in [6, 6.07) is 15.8. The molecule has 0 radical (unpaired) electrons. The van der Waals surface area contributed by atoms with E-state index in [1.807, 2.05) is 36.4 Å². The fourth-order valence-corrected chi connectivity index (χ4v) is 2.14. The number of benzene rings is 2. The van der Waals surface area contributed by atoms with Crippen LogP contribution in [0.25, 0.3) is 0 Å². The molecule has 1 amide bonds. The van der Waals surface area contributed by atoms with Crippen LogP contribution < -0.4 is 15.8 Å². The molecule has 2 aromatic rings. The lowest BCUT2D eigenvalue weighted by Gasteiger charge is -2.10. The van der Waals surface area contributed by atoms with Gasteiger partial charge in [-0.15, -0.1) is 0 Å². The summed E-state index contributed by atoms with van der Waals surface area (Å²) >= 11 is 0. The number of carbonyl (C=O) groups is 1. The van der Waals surface area contributed by atoms with Crippen molar-refractivity contribution in [2.45, 2.75) is 20.0 Å². The number of nitrogens with one attached hydrogen (secondary N) is 1. The van der Waals surface area contributed by atoms with Crippen molar-refractivity contribution in [3.05, 3.63) is 65.2 Å². The van der Waals surface area contributed by atoms with Gasteiger partial charge >= 0.3 is 0 Å². The summed E-state index contributed by atoms with van der Waals surface area (Å²) < 4.78 is 5.82. The molecule has 2 rings (SSSR count). The van der Waals surface area contributed by atoms with Crippen LogP contribution in [-0.2, 0) is 17.8 Å². The summed E-state index contributed by atoms with van der Waals surface area (Å²) in [6.45, 7) is 3.54. The summed E-state index contributed by atoms with van der Waals surface area (Å²) in [7, 11) is 0. The minimum atomic E-state index is -0.0264. The van der Waals surface area contributed by atoms with Gasteiger partial charge in [0.1, 0.15) is 12.4 Å². The van der Waals surface area contributed by atoms with E-state index < -0.39 is 0 Å². The summed E-state index contributed by atoms with van der Waals surface area (Å²) in [5, 5.41) is 2.76. The lowest BCUT2D eigenvalue weighted by atomic mass is 10.1. The fraction of sp³-hybridized carbons (Fsp3) is 0.278. The first-order chi connectivity index (χ1) is 10.7. The van der Waals surface area contributed by atoms with E-state index in [1.54, 1.807) is 0 Å². The van der Waals surface area contributed by atoms with Gasteiger partial charge in [0, 0.05) is 13.1 Å². The molecule has 0 bridgehead atoms. The summed E-state index contributed by atoms with van der Waals surface area (Å²) in [6.07, 6.45) is 0.335. The van der Waals surface area contributed by atoms with Crippen LogP contribution in [0.5, 0.6) is 5.75 Å². The highest BCUT2D eigenvalue weighted by Gasteiger charge is 2.04. The van der Waals surface area contributed by atoms with Crippen LogP contribution >= 0.6 is 0 Å². The van der Waals surface area contributed by atoms with Crippen LogP contribution in [0.4, 0.5) is 0 Å². The molecule has 4 nitrogen and oxygen atoms in total. The minimum absolute atomic E-state index is 0.0264. The quantitative estimate of drug-likeness (QED) is 0.823. The second-order valence-electron chi connectivity index (χ2n) is 5.18. The lowest BCUT2D eigenvalue weighted by Crippen LogP contribution is -2.30. The molecule has 0 fully saturated rings. The van der Waals surface area contributed by atoms with Gasteiger partial charge in [-0.2, -0.15) is 0 Å². The molecule has 116 valence electrons. The van der Waals surface area contributed by atoms with Gasteiger partial charge in [0.05, 0.1) is 6.42 Å². The molecule has 2 aromatic carbocycles. The third-order valence-electron chi connectivity index (χ3n) is 3.39. The Hall–Kier alpha value is -2.33. The van der Waals surface area contributed by atoms with Gasteiger partial charge in [-0.05, 0) is 35.7 Å². The highest BCUT2D eigenvalue weighted by molar-refractivity contribution is 5.78. The molecule has 0 aromatic heterocycles. The van der Waals surface area contributed by atoms with Crippen molar-refractivity contribution in [3.8, 4) is 5.75 Å². The van der Waals surface area contributed by atoms with Crippen LogP contribution in [0.15, 0.2) is 48.5 Å². The number of amides is 1. The normalized spacial score (nSPS) is 10.3. The number of hydrogen-bond acceptors (Lipinski definition) is 3. The average Bonchev–Trinajstić information content (AvgIpc) is 2.52. The molecule has 0 unspecified atom stereocenters. The third-order valence-corrected chi connectivity index (χ3v) is 3.39. The van der Waals surface area contributed by atoms with Gasteiger partial charge in [-0.3, -0.25) is 4.79 Å². The Balaban J connectivity index is 1.94. The Morgan fingerprint density at radius 2 is 2.00 bits per heavy atom. The van der Waals surface area contributed by atoms with Gasteiger partial charge < -0.3 is 15.8 Å². The highest BCUT2D eigenvalue weighted by Crippen LogP contribution is 2.17. The molecule has 3 N–H and O–H groups in total. The van der Waals surface area contributed by atoms with Gasteiger partial charge in [0.2, 0.25) is 5.91 Å². The van der Waals surface area contributed by atoms with Crippen molar-refractivity contribution in [2.75, 3.05) is 13.1 Å². The van der Waals surface area contributed by atoms with E-state index in [4.69, 9.17) is 10.5 Å². The number of carbonyl (C=O) groups excluding carboxylic acids is 1. The maximum absolute atomic E-state index is 11.7. The fourth-order valence-electron chi connectivity index (χ4n) is 2.14. The first-order valence-electron chi connectivity index (χ1n) is 7.42. The molecule has 0 saturated carbocycles. The third kappa shape index (κ3) is 4.90. The monoisotopic (exact) mass is 298 g/mol. The van der Waals surface area contributed by atoms with E-state index in [0.29, 0.717) is 26.1 Å². The zero-order chi connectivity index (χ0) is 15.8. The van der Waals surface area contributed by atoms with Crippen LogP contribution in [-0.4, -0.2) is 19.0 Å². The summed E-state index contributed by atoms with van der Waals surface area (Å²) in [5.74, 6) is 0.744. The number of aryl methyl sites for hydroxylation is 1. The molecular weight excluding hydrogens is 276 g/mol. The Morgan fingerprint density at radius 1 is 1.18 bits per heavy atom. The van der Waals surface area contributed by atoms with Crippen molar-refractivity contribution in [2.24, 2.45) is 5.73 Å². The zero-order valence-electron chi connectivity index (χ0n) is 12.8. The summed E-state index contributed by atoms with van der Waals surface area (Å²) in [5.41, 5.74) is 8.66.